The molecule has 0 radical (unpaired) electrons. The molecule has 0 unspecified atom stereocenters. The zero-order chi connectivity index (χ0) is 20.1. The fraction of sp³-hybridized carbons (Fsp3) is 0.261. The van der Waals surface area contributed by atoms with E-state index in [2.05, 4.69) is 20.2 Å². The Morgan fingerprint density at radius 3 is 2.34 bits per heavy atom. The van der Waals surface area contributed by atoms with E-state index in [1.54, 1.807) is 6.07 Å². The number of benzene rings is 2. The van der Waals surface area contributed by atoms with Crippen molar-refractivity contribution in [3.8, 4) is 11.5 Å². The Kier molecular flexibility index (Phi) is 5.70. The van der Waals surface area contributed by atoms with Crippen LogP contribution in [-0.4, -0.2) is 29.0 Å². The van der Waals surface area contributed by atoms with E-state index < -0.39 is 0 Å². The Hall–Kier alpha value is -3.41. The first-order chi connectivity index (χ1) is 14.2. The number of anilines is 2. The summed E-state index contributed by atoms with van der Waals surface area (Å²) in [5.74, 6) is 2.66. The number of nitrogens with one attached hydrogen (secondary N) is 1. The minimum Gasteiger partial charge on any atom is -0.457 e. The van der Waals surface area contributed by atoms with Gasteiger partial charge in [-0.15, -0.1) is 0 Å². The van der Waals surface area contributed by atoms with E-state index in [4.69, 9.17) is 4.74 Å². The van der Waals surface area contributed by atoms with Crippen LogP contribution in [0.1, 0.15) is 35.6 Å². The van der Waals surface area contributed by atoms with E-state index in [0.29, 0.717) is 23.0 Å². The fourth-order valence-corrected chi connectivity index (χ4v) is 3.38. The van der Waals surface area contributed by atoms with E-state index in [0.717, 1.165) is 37.5 Å². The van der Waals surface area contributed by atoms with Crippen LogP contribution in [0.4, 0.5) is 11.5 Å². The summed E-state index contributed by atoms with van der Waals surface area (Å²) >= 11 is 0. The number of piperidine rings is 1. The smallest absolute Gasteiger partial charge is 0.274 e. The lowest BCUT2D eigenvalue weighted by Gasteiger charge is -2.28. The highest BCUT2D eigenvalue weighted by atomic mass is 16.5. The molecule has 6 nitrogen and oxygen atoms in total. The fourth-order valence-electron chi connectivity index (χ4n) is 3.38. The number of rotatable bonds is 5. The maximum Gasteiger partial charge on any atom is 0.274 e. The summed E-state index contributed by atoms with van der Waals surface area (Å²) in [6.07, 6.45) is 3.56. The zero-order valence-electron chi connectivity index (χ0n) is 16.5. The molecule has 2 aromatic carbocycles. The molecule has 1 fully saturated rings. The van der Waals surface area contributed by atoms with Gasteiger partial charge in [0.05, 0.1) is 0 Å². The van der Waals surface area contributed by atoms with Crippen molar-refractivity contribution in [2.24, 2.45) is 0 Å². The number of hydrogen-bond acceptors (Lipinski definition) is 5. The standard InChI is InChI=1S/C23H24N4O2/c1-17-24-21(16-22(25-17)27-14-6-3-7-15-27)23(28)26-18-10-12-20(13-11-18)29-19-8-4-2-5-9-19/h2,4-5,8-13,16H,3,6-7,14-15H2,1H3,(H,26,28). The largest absolute Gasteiger partial charge is 0.457 e. The molecule has 3 aromatic rings. The number of amides is 1. The van der Waals surface area contributed by atoms with Crippen molar-refractivity contribution in [2.45, 2.75) is 26.2 Å². The molecule has 0 saturated carbocycles. The maximum atomic E-state index is 12.7. The van der Waals surface area contributed by atoms with Gasteiger partial charge in [0.15, 0.2) is 0 Å². The van der Waals surface area contributed by atoms with Crippen LogP contribution in [0.2, 0.25) is 0 Å². The molecule has 0 aliphatic carbocycles. The van der Waals surface area contributed by atoms with Crippen LogP contribution in [0.25, 0.3) is 0 Å². The number of aryl methyl sites for hydroxylation is 1. The highest BCUT2D eigenvalue weighted by Crippen LogP contribution is 2.23. The maximum absolute atomic E-state index is 12.7. The minimum atomic E-state index is -0.245. The summed E-state index contributed by atoms with van der Waals surface area (Å²) in [5, 5.41) is 2.90. The lowest BCUT2D eigenvalue weighted by atomic mass is 10.1. The van der Waals surface area contributed by atoms with E-state index in [-0.39, 0.29) is 5.91 Å². The molecule has 0 bridgehead atoms. The summed E-state index contributed by atoms with van der Waals surface area (Å²) in [4.78, 5) is 23.8. The van der Waals surface area contributed by atoms with E-state index in [9.17, 15) is 4.79 Å². The van der Waals surface area contributed by atoms with Gasteiger partial charge in [0.25, 0.3) is 5.91 Å². The molecule has 4 rings (SSSR count). The van der Waals surface area contributed by atoms with Gasteiger partial charge in [-0.25, -0.2) is 9.97 Å². The second-order valence-electron chi connectivity index (χ2n) is 7.10. The highest BCUT2D eigenvalue weighted by Gasteiger charge is 2.16. The Morgan fingerprint density at radius 1 is 0.931 bits per heavy atom. The van der Waals surface area contributed by atoms with Crippen molar-refractivity contribution in [1.82, 2.24) is 9.97 Å². The molecule has 0 atom stereocenters. The molecule has 1 amide bonds. The van der Waals surface area contributed by atoms with E-state index >= 15 is 0 Å². The molecule has 1 saturated heterocycles. The topological polar surface area (TPSA) is 67.3 Å². The highest BCUT2D eigenvalue weighted by molar-refractivity contribution is 6.03. The number of aromatic nitrogens is 2. The number of nitrogens with zero attached hydrogens (tertiary/aromatic N) is 3. The molecule has 1 aliphatic heterocycles. The first kappa shape index (κ1) is 18.9. The van der Waals surface area contributed by atoms with Gasteiger partial charge in [0, 0.05) is 24.8 Å². The molecular weight excluding hydrogens is 364 g/mol. The number of para-hydroxylation sites is 1. The summed E-state index contributed by atoms with van der Waals surface area (Å²) in [7, 11) is 0. The van der Waals surface area contributed by atoms with Gasteiger partial charge in [-0.3, -0.25) is 4.79 Å². The second-order valence-corrected chi connectivity index (χ2v) is 7.10. The van der Waals surface area contributed by atoms with Crippen LogP contribution in [0.5, 0.6) is 11.5 Å². The molecular formula is C23H24N4O2. The number of ether oxygens (including phenoxy) is 1. The van der Waals surface area contributed by atoms with Gasteiger partial charge in [-0.2, -0.15) is 0 Å². The van der Waals surface area contributed by atoms with Crippen molar-refractivity contribution in [1.29, 1.82) is 0 Å². The normalized spacial score (nSPS) is 13.8. The van der Waals surface area contributed by atoms with Crippen LogP contribution in [0.3, 0.4) is 0 Å². The van der Waals surface area contributed by atoms with Crippen molar-refractivity contribution >= 4 is 17.4 Å². The van der Waals surface area contributed by atoms with Crippen molar-refractivity contribution in [3.05, 3.63) is 72.2 Å². The van der Waals surface area contributed by atoms with Crippen LogP contribution in [-0.2, 0) is 0 Å². The first-order valence-electron chi connectivity index (χ1n) is 9.92. The molecule has 1 aliphatic rings. The van der Waals surface area contributed by atoms with Gasteiger partial charge in [-0.1, -0.05) is 18.2 Å². The third kappa shape index (κ3) is 4.90. The van der Waals surface area contributed by atoms with Crippen molar-refractivity contribution in [2.75, 3.05) is 23.3 Å². The molecule has 29 heavy (non-hydrogen) atoms. The van der Waals surface area contributed by atoms with E-state index in [1.807, 2.05) is 61.5 Å². The summed E-state index contributed by atoms with van der Waals surface area (Å²) in [6.45, 7) is 3.76. The van der Waals surface area contributed by atoms with Crippen LogP contribution in [0.15, 0.2) is 60.7 Å². The first-order valence-corrected chi connectivity index (χ1v) is 9.92. The summed E-state index contributed by atoms with van der Waals surface area (Å²) < 4.78 is 5.78. The molecule has 2 heterocycles. The van der Waals surface area contributed by atoms with Gasteiger partial charge in [-0.05, 0) is 62.6 Å². The SMILES string of the molecule is Cc1nc(C(=O)Nc2ccc(Oc3ccccc3)cc2)cc(N2CCCCC2)n1. The van der Waals surface area contributed by atoms with Crippen LogP contribution >= 0.6 is 0 Å². The molecule has 6 heteroatoms. The number of hydrogen-bond donors (Lipinski definition) is 1. The third-order valence-electron chi connectivity index (χ3n) is 4.83. The van der Waals surface area contributed by atoms with Crippen molar-refractivity contribution in [3.63, 3.8) is 0 Å². The average Bonchev–Trinajstić information content (AvgIpc) is 2.76. The van der Waals surface area contributed by atoms with Crippen LogP contribution in [0, 0.1) is 6.92 Å². The molecule has 1 aromatic heterocycles. The van der Waals surface area contributed by atoms with Gasteiger partial charge in [0.2, 0.25) is 0 Å². The Bertz CT molecular complexity index is 968. The predicted molar refractivity (Wildman–Crippen MR) is 114 cm³/mol. The predicted octanol–water partition coefficient (Wildman–Crippen LogP) is 4.82. The molecule has 1 N–H and O–H groups in total. The Labute approximate surface area is 170 Å². The van der Waals surface area contributed by atoms with Crippen molar-refractivity contribution < 1.29 is 9.53 Å². The minimum absolute atomic E-state index is 0.245. The second kappa shape index (κ2) is 8.73. The number of carbonyl (C=O) groups is 1. The molecule has 0 spiro atoms. The Morgan fingerprint density at radius 2 is 1.62 bits per heavy atom. The quantitative estimate of drug-likeness (QED) is 0.679. The van der Waals surface area contributed by atoms with E-state index in [1.165, 1.54) is 6.42 Å². The average molecular weight is 388 g/mol. The van der Waals surface area contributed by atoms with Gasteiger partial charge in [0.1, 0.15) is 28.8 Å². The lowest BCUT2D eigenvalue weighted by Crippen LogP contribution is -2.31. The monoisotopic (exact) mass is 388 g/mol. The van der Waals surface area contributed by atoms with Crippen LogP contribution < -0.4 is 15.0 Å². The molecule has 148 valence electrons. The lowest BCUT2D eigenvalue weighted by molar-refractivity contribution is 0.102. The van der Waals surface area contributed by atoms with Gasteiger partial charge < -0.3 is 15.0 Å². The summed E-state index contributed by atoms with van der Waals surface area (Å²) in [5.41, 5.74) is 1.06. The summed E-state index contributed by atoms with van der Waals surface area (Å²) in [6, 6.07) is 18.6. The Balaban J connectivity index is 1.44. The van der Waals surface area contributed by atoms with Gasteiger partial charge >= 0.3 is 0 Å². The third-order valence-corrected chi connectivity index (χ3v) is 4.83. The number of carbonyl (C=O) groups excluding carboxylic acids is 1. The zero-order valence-corrected chi connectivity index (χ0v) is 16.5.